The van der Waals surface area contributed by atoms with Gasteiger partial charge in [-0.3, -0.25) is 4.40 Å². The number of fused-ring (bicyclic) bond motifs is 3. The molecule has 0 saturated carbocycles. The second-order valence-corrected chi connectivity index (χ2v) is 8.85. The Bertz CT molecular complexity index is 1640. The SMILES string of the molecule is Cn1cncc1C(O)(c1ccc(Cl)cc1)c1ccc2c(c1)c(-c1ccccc1)cc1nccn12. The Balaban J connectivity index is 1.68. The Kier molecular flexibility index (Phi) is 4.76. The second-order valence-electron chi connectivity index (χ2n) is 8.42. The van der Waals surface area contributed by atoms with E-state index in [1.54, 1.807) is 30.9 Å². The molecule has 0 aliphatic carbocycles. The number of aryl methyl sites for hydroxylation is 1. The zero-order valence-corrected chi connectivity index (χ0v) is 19.2. The normalized spacial score (nSPS) is 13.4. The summed E-state index contributed by atoms with van der Waals surface area (Å²) in [6, 6.07) is 25.7. The predicted octanol–water partition coefficient (Wildman–Crippen LogP) is 5.83. The second kappa shape index (κ2) is 7.83. The molecule has 0 saturated heterocycles. The van der Waals surface area contributed by atoms with Crippen molar-refractivity contribution in [2.45, 2.75) is 5.60 Å². The molecule has 3 aromatic carbocycles. The topological polar surface area (TPSA) is 55.3 Å². The summed E-state index contributed by atoms with van der Waals surface area (Å²) in [6.07, 6.45) is 7.16. The first-order chi connectivity index (χ1) is 16.6. The highest BCUT2D eigenvalue weighted by molar-refractivity contribution is 6.30. The highest BCUT2D eigenvalue weighted by atomic mass is 35.5. The lowest BCUT2D eigenvalue weighted by atomic mass is 9.82. The maximum absolute atomic E-state index is 12.4. The molecule has 3 heterocycles. The van der Waals surface area contributed by atoms with Crippen molar-refractivity contribution in [2.75, 3.05) is 0 Å². The summed E-state index contributed by atoms with van der Waals surface area (Å²) in [5.74, 6) is 0. The molecule has 0 radical (unpaired) electrons. The molecule has 6 heteroatoms. The van der Waals surface area contributed by atoms with Gasteiger partial charge in [0.05, 0.1) is 23.7 Å². The number of aromatic nitrogens is 4. The van der Waals surface area contributed by atoms with E-state index in [2.05, 4.69) is 38.6 Å². The zero-order valence-electron chi connectivity index (χ0n) is 18.4. The third kappa shape index (κ3) is 3.13. The summed E-state index contributed by atoms with van der Waals surface area (Å²) < 4.78 is 3.91. The monoisotopic (exact) mass is 464 g/mol. The van der Waals surface area contributed by atoms with Crippen molar-refractivity contribution in [1.82, 2.24) is 18.9 Å². The van der Waals surface area contributed by atoms with Crippen LogP contribution in [-0.4, -0.2) is 24.0 Å². The summed E-state index contributed by atoms with van der Waals surface area (Å²) in [5, 5.41) is 14.0. The number of nitrogens with zero attached hydrogens (tertiary/aromatic N) is 4. The number of aliphatic hydroxyl groups is 1. The first kappa shape index (κ1) is 20.7. The fraction of sp³-hybridized carbons (Fsp3) is 0.0714. The number of benzene rings is 3. The van der Waals surface area contributed by atoms with Crippen LogP contribution in [0.5, 0.6) is 0 Å². The van der Waals surface area contributed by atoms with Crippen LogP contribution >= 0.6 is 11.6 Å². The van der Waals surface area contributed by atoms with Crippen molar-refractivity contribution in [3.8, 4) is 11.1 Å². The third-order valence-corrected chi connectivity index (χ3v) is 6.69. The van der Waals surface area contributed by atoms with E-state index in [9.17, 15) is 5.11 Å². The maximum atomic E-state index is 12.4. The van der Waals surface area contributed by atoms with Crippen LogP contribution in [0, 0.1) is 0 Å². The molecule has 0 amide bonds. The van der Waals surface area contributed by atoms with Gasteiger partial charge in [-0.1, -0.05) is 60.1 Å². The minimum Gasteiger partial charge on any atom is -0.374 e. The number of hydrogen-bond acceptors (Lipinski definition) is 3. The molecule has 1 unspecified atom stereocenters. The first-order valence-corrected chi connectivity index (χ1v) is 11.3. The molecular weight excluding hydrogens is 444 g/mol. The fourth-order valence-electron chi connectivity index (χ4n) is 4.74. The van der Waals surface area contributed by atoms with Crippen molar-refractivity contribution in [3.05, 3.63) is 126 Å². The third-order valence-electron chi connectivity index (χ3n) is 6.44. The lowest BCUT2D eigenvalue weighted by Gasteiger charge is -2.30. The number of halogens is 1. The summed E-state index contributed by atoms with van der Waals surface area (Å²) in [5.41, 5.74) is 4.72. The van der Waals surface area contributed by atoms with Crippen LogP contribution in [0.2, 0.25) is 5.02 Å². The van der Waals surface area contributed by atoms with Gasteiger partial charge >= 0.3 is 0 Å². The van der Waals surface area contributed by atoms with E-state index < -0.39 is 5.60 Å². The number of hydrogen-bond donors (Lipinski definition) is 1. The van der Waals surface area contributed by atoms with Crippen LogP contribution in [-0.2, 0) is 12.6 Å². The molecule has 3 aromatic heterocycles. The van der Waals surface area contributed by atoms with Crippen LogP contribution in [0.3, 0.4) is 0 Å². The number of rotatable bonds is 4. The van der Waals surface area contributed by atoms with E-state index in [0.29, 0.717) is 16.3 Å². The number of imidazole rings is 2. The molecule has 5 nitrogen and oxygen atoms in total. The summed E-state index contributed by atoms with van der Waals surface area (Å²) in [7, 11) is 1.88. The summed E-state index contributed by atoms with van der Waals surface area (Å²) in [6.45, 7) is 0. The lowest BCUT2D eigenvalue weighted by Crippen LogP contribution is -2.31. The van der Waals surface area contributed by atoms with Crippen LogP contribution < -0.4 is 0 Å². The van der Waals surface area contributed by atoms with Gasteiger partial charge < -0.3 is 9.67 Å². The number of pyridine rings is 1. The minimum atomic E-state index is -1.43. The molecule has 0 bridgehead atoms. The van der Waals surface area contributed by atoms with Gasteiger partial charge in [0, 0.05) is 29.9 Å². The van der Waals surface area contributed by atoms with E-state index in [1.807, 2.05) is 60.3 Å². The summed E-state index contributed by atoms with van der Waals surface area (Å²) in [4.78, 5) is 8.81. The fourth-order valence-corrected chi connectivity index (χ4v) is 4.86. The van der Waals surface area contributed by atoms with E-state index in [1.165, 1.54) is 0 Å². The highest BCUT2D eigenvalue weighted by Gasteiger charge is 2.37. The van der Waals surface area contributed by atoms with Crippen molar-refractivity contribution in [1.29, 1.82) is 0 Å². The van der Waals surface area contributed by atoms with Gasteiger partial charge in [-0.05, 0) is 52.6 Å². The van der Waals surface area contributed by atoms with Gasteiger partial charge in [0.1, 0.15) is 5.65 Å². The van der Waals surface area contributed by atoms with Crippen molar-refractivity contribution in [3.63, 3.8) is 0 Å². The Labute approximate surface area is 201 Å². The molecule has 0 fully saturated rings. The standard InChI is InChI=1S/C28H21ClN4O/c1-32-18-30-17-26(32)28(34,20-7-10-22(29)11-8-20)21-9-12-25-24(15-21)23(19-5-3-2-4-6-19)16-27-31-13-14-33(25)27/h2-18,34H,1H3. The average molecular weight is 465 g/mol. The Morgan fingerprint density at radius 2 is 1.68 bits per heavy atom. The van der Waals surface area contributed by atoms with Crippen LogP contribution in [0.1, 0.15) is 16.8 Å². The van der Waals surface area contributed by atoms with E-state index >= 15 is 0 Å². The average Bonchev–Trinajstić information content (AvgIpc) is 3.53. The summed E-state index contributed by atoms with van der Waals surface area (Å²) >= 11 is 6.17. The Morgan fingerprint density at radius 3 is 2.41 bits per heavy atom. The minimum absolute atomic E-state index is 0.614. The van der Waals surface area contributed by atoms with Crippen LogP contribution in [0.25, 0.3) is 27.7 Å². The van der Waals surface area contributed by atoms with Gasteiger partial charge in [0.2, 0.25) is 0 Å². The van der Waals surface area contributed by atoms with Crippen molar-refractivity contribution >= 4 is 28.2 Å². The molecule has 6 rings (SSSR count). The largest absolute Gasteiger partial charge is 0.374 e. The van der Waals surface area contributed by atoms with E-state index in [0.717, 1.165) is 33.2 Å². The Morgan fingerprint density at radius 1 is 0.912 bits per heavy atom. The molecule has 34 heavy (non-hydrogen) atoms. The molecule has 1 atom stereocenters. The highest BCUT2D eigenvalue weighted by Crippen LogP contribution is 2.40. The van der Waals surface area contributed by atoms with Crippen molar-refractivity contribution in [2.24, 2.45) is 7.05 Å². The van der Waals surface area contributed by atoms with E-state index in [-0.39, 0.29) is 0 Å². The molecule has 1 N–H and O–H groups in total. The Hall–Kier alpha value is -3.93. The van der Waals surface area contributed by atoms with Gasteiger partial charge in [-0.2, -0.15) is 0 Å². The van der Waals surface area contributed by atoms with Crippen LogP contribution in [0.15, 0.2) is 104 Å². The van der Waals surface area contributed by atoms with Gasteiger partial charge in [0.25, 0.3) is 0 Å². The lowest BCUT2D eigenvalue weighted by molar-refractivity contribution is 0.117. The molecular formula is C28H21ClN4O. The molecule has 6 aromatic rings. The smallest absolute Gasteiger partial charge is 0.156 e. The maximum Gasteiger partial charge on any atom is 0.156 e. The molecule has 0 aliphatic rings. The molecule has 0 aliphatic heterocycles. The molecule has 166 valence electrons. The van der Waals surface area contributed by atoms with Gasteiger partial charge in [-0.15, -0.1) is 0 Å². The van der Waals surface area contributed by atoms with Crippen molar-refractivity contribution < 1.29 is 5.11 Å². The zero-order chi connectivity index (χ0) is 23.3. The first-order valence-electron chi connectivity index (χ1n) is 11.0. The van der Waals surface area contributed by atoms with Gasteiger partial charge in [-0.25, -0.2) is 9.97 Å². The van der Waals surface area contributed by atoms with E-state index in [4.69, 9.17) is 11.6 Å². The van der Waals surface area contributed by atoms with Gasteiger partial charge in [0.15, 0.2) is 5.60 Å². The molecule has 0 spiro atoms. The predicted molar refractivity (Wildman–Crippen MR) is 135 cm³/mol. The quantitative estimate of drug-likeness (QED) is 0.357. The van der Waals surface area contributed by atoms with Crippen LogP contribution in [0.4, 0.5) is 0 Å².